The summed E-state index contributed by atoms with van der Waals surface area (Å²) in [4.78, 5) is 9.40. The smallest absolute Gasteiger partial charge is 0.128 e. The van der Waals surface area contributed by atoms with Crippen molar-refractivity contribution in [3.05, 3.63) is 108 Å². The second-order valence-electron chi connectivity index (χ2n) is 11.7. The first kappa shape index (κ1) is 24.7. The van der Waals surface area contributed by atoms with Gasteiger partial charge in [0.05, 0.1) is 11.4 Å². The Morgan fingerprint density at radius 3 is 2.00 bits per heavy atom. The molecule has 5 rings (SSSR count). The minimum absolute atomic E-state index is 0.0376. The van der Waals surface area contributed by atoms with Gasteiger partial charge in [-0.1, -0.05) is 77.9 Å². The summed E-state index contributed by atoms with van der Waals surface area (Å²) >= 11 is 0. The molecule has 0 amide bonds. The molecule has 0 unspecified atom stereocenters. The van der Waals surface area contributed by atoms with E-state index in [-0.39, 0.29) is 10.8 Å². The number of hydrogen-bond acceptors (Lipinski definition) is 3. The van der Waals surface area contributed by atoms with E-state index in [1.807, 2.05) is 30.6 Å². The molecule has 3 heteroatoms. The van der Waals surface area contributed by atoms with Crippen LogP contribution in [0.1, 0.15) is 52.7 Å². The van der Waals surface area contributed by atoms with Crippen LogP contribution in [0.2, 0.25) is 0 Å². The summed E-state index contributed by atoms with van der Waals surface area (Å²) in [5.74, 6) is 1.58. The molecule has 186 valence electrons. The molecule has 0 saturated heterocycles. The maximum atomic E-state index is 6.47. The average Bonchev–Trinajstić information content (AvgIpc) is 2.87. The van der Waals surface area contributed by atoms with Crippen molar-refractivity contribution in [1.82, 2.24) is 9.97 Å². The van der Waals surface area contributed by atoms with Gasteiger partial charge >= 0.3 is 0 Å². The molecule has 0 atom stereocenters. The van der Waals surface area contributed by atoms with E-state index in [1.165, 1.54) is 16.5 Å². The standard InChI is InChI=1S/C34H34N2O/c1-33(2,3)27-14-15-35-32(21-27)24-12-9-13-29(17-24)37-30-18-26(16-28(20-30)34(4,5)6)31-19-23-10-7-8-11-25(23)22-36-31/h7-22H,1-6H3. The van der Waals surface area contributed by atoms with E-state index < -0.39 is 0 Å². The molecule has 2 aromatic heterocycles. The van der Waals surface area contributed by atoms with E-state index in [0.29, 0.717) is 0 Å². The SMILES string of the molecule is CC(C)(C)c1cc(Oc2cccc(-c3cc(C(C)(C)C)ccn3)c2)cc(-c2cc3ccccc3cn2)c1. The van der Waals surface area contributed by atoms with Gasteiger partial charge in [0.2, 0.25) is 0 Å². The maximum absolute atomic E-state index is 6.47. The van der Waals surface area contributed by atoms with Crippen LogP contribution in [-0.4, -0.2) is 9.97 Å². The summed E-state index contributed by atoms with van der Waals surface area (Å²) < 4.78 is 6.47. The molecule has 2 heterocycles. The zero-order valence-electron chi connectivity index (χ0n) is 22.5. The zero-order chi connectivity index (χ0) is 26.2. The fourth-order valence-electron chi connectivity index (χ4n) is 4.39. The number of fused-ring (bicyclic) bond motifs is 1. The number of hydrogen-bond donors (Lipinski definition) is 0. The van der Waals surface area contributed by atoms with Crippen molar-refractivity contribution >= 4 is 10.8 Å². The summed E-state index contributed by atoms with van der Waals surface area (Å²) in [6.45, 7) is 13.3. The summed E-state index contributed by atoms with van der Waals surface area (Å²) in [6.07, 6.45) is 3.83. The van der Waals surface area contributed by atoms with Gasteiger partial charge in [-0.25, -0.2) is 0 Å². The van der Waals surface area contributed by atoms with E-state index >= 15 is 0 Å². The molecule has 0 aliphatic rings. The van der Waals surface area contributed by atoms with Crippen LogP contribution < -0.4 is 4.74 Å². The molecule has 0 radical (unpaired) electrons. The highest BCUT2D eigenvalue weighted by molar-refractivity contribution is 5.85. The van der Waals surface area contributed by atoms with Crippen LogP contribution in [0.5, 0.6) is 11.5 Å². The van der Waals surface area contributed by atoms with Crippen molar-refractivity contribution in [1.29, 1.82) is 0 Å². The highest BCUT2D eigenvalue weighted by Crippen LogP contribution is 2.35. The molecular weight excluding hydrogens is 452 g/mol. The molecule has 37 heavy (non-hydrogen) atoms. The molecule has 3 nitrogen and oxygen atoms in total. The number of pyridine rings is 2. The highest BCUT2D eigenvalue weighted by Gasteiger charge is 2.18. The molecule has 0 N–H and O–H groups in total. The third kappa shape index (κ3) is 5.56. The predicted octanol–water partition coefficient (Wildman–Crippen LogP) is 9.35. The first-order valence-corrected chi connectivity index (χ1v) is 12.8. The fourth-order valence-corrected chi connectivity index (χ4v) is 4.39. The molecule has 0 aliphatic carbocycles. The minimum atomic E-state index is -0.0376. The Labute approximate surface area is 220 Å². The van der Waals surface area contributed by atoms with Gasteiger partial charge in [-0.2, -0.15) is 0 Å². The van der Waals surface area contributed by atoms with Crippen molar-refractivity contribution in [3.63, 3.8) is 0 Å². The van der Waals surface area contributed by atoms with E-state index in [9.17, 15) is 0 Å². The van der Waals surface area contributed by atoms with Gasteiger partial charge in [0.15, 0.2) is 0 Å². The quantitative estimate of drug-likeness (QED) is 0.254. The Morgan fingerprint density at radius 1 is 0.541 bits per heavy atom. The molecule has 0 aliphatic heterocycles. The van der Waals surface area contributed by atoms with Crippen LogP contribution in [0.3, 0.4) is 0 Å². The second kappa shape index (κ2) is 9.48. The Morgan fingerprint density at radius 2 is 1.24 bits per heavy atom. The lowest BCUT2D eigenvalue weighted by molar-refractivity contribution is 0.479. The van der Waals surface area contributed by atoms with Crippen molar-refractivity contribution in [3.8, 4) is 34.0 Å². The van der Waals surface area contributed by atoms with E-state index in [0.717, 1.165) is 39.4 Å². The first-order valence-electron chi connectivity index (χ1n) is 12.8. The van der Waals surface area contributed by atoms with Crippen LogP contribution in [0.25, 0.3) is 33.3 Å². The lowest BCUT2D eigenvalue weighted by Gasteiger charge is -2.21. The van der Waals surface area contributed by atoms with Gasteiger partial charge in [0.1, 0.15) is 11.5 Å². The van der Waals surface area contributed by atoms with E-state index in [2.05, 4.69) is 113 Å². The Balaban J connectivity index is 1.52. The Kier molecular flexibility index (Phi) is 6.33. The summed E-state index contributed by atoms with van der Waals surface area (Å²) in [5, 5.41) is 2.31. The summed E-state index contributed by atoms with van der Waals surface area (Å²) in [6, 6.07) is 29.3. The van der Waals surface area contributed by atoms with Crippen molar-refractivity contribution in [2.45, 2.75) is 52.4 Å². The van der Waals surface area contributed by atoms with Crippen molar-refractivity contribution in [2.24, 2.45) is 0 Å². The van der Waals surface area contributed by atoms with E-state index in [1.54, 1.807) is 0 Å². The van der Waals surface area contributed by atoms with Crippen LogP contribution in [0.4, 0.5) is 0 Å². The second-order valence-corrected chi connectivity index (χ2v) is 11.7. The van der Waals surface area contributed by atoms with Gasteiger partial charge in [-0.15, -0.1) is 0 Å². The predicted molar refractivity (Wildman–Crippen MR) is 154 cm³/mol. The monoisotopic (exact) mass is 486 g/mol. The lowest BCUT2D eigenvalue weighted by Crippen LogP contribution is -2.11. The van der Waals surface area contributed by atoms with Gasteiger partial charge in [0.25, 0.3) is 0 Å². The van der Waals surface area contributed by atoms with Crippen molar-refractivity contribution in [2.75, 3.05) is 0 Å². The largest absolute Gasteiger partial charge is 0.457 e. The van der Waals surface area contributed by atoms with Crippen LogP contribution in [-0.2, 0) is 10.8 Å². The molecule has 0 spiro atoms. The number of benzene rings is 3. The van der Waals surface area contributed by atoms with Gasteiger partial charge in [-0.3, -0.25) is 9.97 Å². The van der Waals surface area contributed by atoms with Crippen molar-refractivity contribution < 1.29 is 4.74 Å². The van der Waals surface area contributed by atoms with Gasteiger partial charge < -0.3 is 4.74 Å². The molecule has 0 bridgehead atoms. The number of aromatic nitrogens is 2. The third-order valence-electron chi connectivity index (χ3n) is 6.69. The van der Waals surface area contributed by atoms with Crippen LogP contribution in [0.15, 0.2) is 97.3 Å². The van der Waals surface area contributed by atoms with Crippen LogP contribution in [0, 0.1) is 0 Å². The molecule has 5 aromatic rings. The molecule has 0 fully saturated rings. The lowest BCUT2D eigenvalue weighted by atomic mass is 9.85. The molecule has 3 aromatic carbocycles. The fraction of sp³-hybridized carbons (Fsp3) is 0.235. The highest BCUT2D eigenvalue weighted by atomic mass is 16.5. The summed E-state index contributed by atoms with van der Waals surface area (Å²) in [7, 11) is 0. The normalized spacial score (nSPS) is 12.1. The molecular formula is C34H34N2O. The number of rotatable bonds is 4. The zero-order valence-corrected chi connectivity index (χ0v) is 22.5. The Bertz CT molecular complexity index is 1570. The number of nitrogens with zero attached hydrogens (tertiary/aromatic N) is 2. The van der Waals surface area contributed by atoms with E-state index in [4.69, 9.17) is 9.72 Å². The summed E-state index contributed by atoms with van der Waals surface area (Å²) in [5.41, 5.74) is 6.45. The third-order valence-corrected chi connectivity index (χ3v) is 6.69. The van der Waals surface area contributed by atoms with Gasteiger partial charge in [-0.05, 0) is 75.9 Å². The average molecular weight is 487 g/mol. The minimum Gasteiger partial charge on any atom is -0.457 e. The maximum Gasteiger partial charge on any atom is 0.128 e. The first-order chi connectivity index (χ1) is 17.6. The van der Waals surface area contributed by atoms with Gasteiger partial charge in [0, 0.05) is 28.9 Å². The topological polar surface area (TPSA) is 35.0 Å². The Hall–Kier alpha value is -3.98. The van der Waals surface area contributed by atoms with Crippen LogP contribution >= 0.6 is 0 Å². The number of ether oxygens (including phenoxy) is 1. The molecule has 0 saturated carbocycles.